The number of nitrogens with zero attached hydrogens (tertiary/aromatic N) is 6. The van der Waals surface area contributed by atoms with Gasteiger partial charge in [0.2, 0.25) is 0 Å². The second kappa shape index (κ2) is 19.4. The van der Waals surface area contributed by atoms with Crippen LogP contribution in [-0.2, 0) is 10.8 Å². The molecule has 0 heterocycles. The van der Waals surface area contributed by atoms with Crippen molar-refractivity contribution >= 4 is 17.1 Å². The van der Waals surface area contributed by atoms with Crippen LogP contribution in [0.25, 0.3) is 16.6 Å². The molecule has 68 heavy (non-hydrogen) atoms. The first-order valence-corrected chi connectivity index (χ1v) is 23.3. The van der Waals surface area contributed by atoms with Gasteiger partial charge in [-0.15, -0.1) is 0 Å². The molecule has 0 fully saturated rings. The fraction of sp³-hybridized carbons (Fsp3) is 0.306. The topological polar surface area (TPSA) is 109 Å². The molecule has 0 radical (unpaired) electrons. The zero-order valence-corrected chi connectivity index (χ0v) is 43.2. The Morgan fingerprint density at radius 3 is 0.941 bits per heavy atom. The second-order valence-electron chi connectivity index (χ2n) is 20.7. The average molecular weight is 893 g/mol. The standard InChI is InChI=1S/C62H64N6/c1-35-27-47(59(67-64)55-39(5)31-49(32-40(55)6)61(12,13)14)28-36(2)51(35)23-25-53-43(9)54(45(11)57(44(53)10)58(66-63)46-21-19-18-20-22-46)26-24-52-37(3)29-48(30-38(52)4)60(68-65)56-41(7)33-50(34-42(56)8)62(15,16)17/h18-22,27-34H,1-17H3. The minimum absolute atomic E-state index is 0.0139. The average Bonchev–Trinajstić information content (AvgIpc) is 3.25. The molecule has 0 aliphatic heterocycles. The van der Waals surface area contributed by atoms with E-state index in [1.807, 2.05) is 96.1 Å². The van der Waals surface area contributed by atoms with E-state index in [1.165, 1.54) is 11.1 Å². The molecule has 0 atom stereocenters. The lowest BCUT2D eigenvalue weighted by Crippen LogP contribution is -2.15. The maximum absolute atomic E-state index is 10.7. The van der Waals surface area contributed by atoms with E-state index in [1.54, 1.807) is 0 Å². The normalized spacial score (nSPS) is 11.1. The number of aryl methyl sites for hydroxylation is 8. The highest BCUT2D eigenvalue weighted by molar-refractivity contribution is 6.13. The predicted molar refractivity (Wildman–Crippen MR) is 281 cm³/mol. The van der Waals surface area contributed by atoms with Crippen LogP contribution in [-0.4, -0.2) is 31.5 Å². The third-order valence-corrected chi connectivity index (χ3v) is 13.3. The molecule has 6 aromatic carbocycles. The summed E-state index contributed by atoms with van der Waals surface area (Å²) in [5.41, 5.74) is 54.7. The molecule has 0 N–H and O–H groups in total. The summed E-state index contributed by atoms with van der Waals surface area (Å²) in [5.74, 6) is 14.2. The highest BCUT2D eigenvalue weighted by Crippen LogP contribution is 2.33. The van der Waals surface area contributed by atoms with Crippen molar-refractivity contribution in [3.05, 3.63) is 223 Å². The van der Waals surface area contributed by atoms with Gasteiger partial charge in [-0.25, -0.2) is 0 Å². The van der Waals surface area contributed by atoms with Gasteiger partial charge in [0.05, 0.1) is 33.4 Å². The quantitative estimate of drug-likeness (QED) is 0.0687. The Hall–Kier alpha value is -7.42. The van der Waals surface area contributed by atoms with Crippen molar-refractivity contribution in [3.8, 4) is 23.7 Å². The Balaban J connectivity index is 1.49. The Morgan fingerprint density at radius 1 is 0.353 bits per heavy atom. The molecule has 342 valence electrons. The third kappa shape index (κ3) is 9.83. The molecule has 0 saturated carbocycles. The number of hydrogen-bond donors (Lipinski definition) is 0. The molecular weight excluding hydrogens is 829 g/mol. The molecule has 6 heteroatoms. The highest BCUT2D eigenvalue weighted by Gasteiger charge is 2.28. The van der Waals surface area contributed by atoms with E-state index in [4.69, 9.17) is 0 Å². The molecule has 0 aliphatic carbocycles. The summed E-state index contributed by atoms with van der Waals surface area (Å²) in [7, 11) is 0. The SMILES string of the molecule is Cc1cc(C(=[N+]=[N-])c2c(C)cc(C(C)(C)C)cc2C)cc(C)c1C#Cc1c(C)c(C#Cc2c(C)cc(C(=[N+]=[N-])c3c(C)cc(C(C)(C)C)cc3C)cc2C)c(C)c(C(=[N+]=[N-])c2ccccc2)c1C. The number of hydrogen-bond acceptors (Lipinski definition) is 0. The maximum atomic E-state index is 10.7. The zero-order chi connectivity index (χ0) is 50.2. The van der Waals surface area contributed by atoms with Gasteiger partial charge in [0.1, 0.15) is 0 Å². The van der Waals surface area contributed by atoms with Crippen LogP contribution in [0.3, 0.4) is 0 Å². The van der Waals surface area contributed by atoms with E-state index >= 15 is 0 Å². The van der Waals surface area contributed by atoms with E-state index in [0.717, 1.165) is 117 Å². The van der Waals surface area contributed by atoms with Crippen molar-refractivity contribution in [2.24, 2.45) is 0 Å². The molecule has 6 rings (SSSR count). The summed E-state index contributed by atoms with van der Waals surface area (Å²) < 4.78 is 0. The smallest absolute Gasteiger partial charge is 0.330 e. The van der Waals surface area contributed by atoms with Crippen LogP contribution < -0.4 is 0 Å². The minimum Gasteiger partial charge on any atom is -0.361 e. The largest absolute Gasteiger partial charge is 0.361 e. The summed E-state index contributed by atoms with van der Waals surface area (Å²) in [6, 6.07) is 26.6. The Kier molecular flexibility index (Phi) is 14.3. The van der Waals surface area contributed by atoms with Crippen LogP contribution in [0, 0.1) is 99.8 Å². The minimum atomic E-state index is -0.0139. The van der Waals surface area contributed by atoms with E-state index in [9.17, 15) is 16.6 Å². The van der Waals surface area contributed by atoms with Crippen molar-refractivity contribution < 1.29 is 14.4 Å². The van der Waals surface area contributed by atoms with Crippen molar-refractivity contribution in [1.82, 2.24) is 0 Å². The molecular formula is C62H64N6. The first-order valence-electron chi connectivity index (χ1n) is 23.3. The molecule has 0 saturated heterocycles. The van der Waals surface area contributed by atoms with Crippen LogP contribution in [0.1, 0.15) is 170 Å². The van der Waals surface area contributed by atoms with Gasteiger partial charge < -0.3 is 16.6 Å². The molecule has 6 aromatic rings. The lowest BCUT2D eigenvalue weighted by molar-refractivity contribution is -0.00333. The lowest BCUT2D eigenvalue weighted by Gasteiger charge is -2.21. The van der Waals surface area contributed by atoms with Gasteiger partial charge in [-0.1, -0.05) is 108 Å². The summed E-state index contributed by atoms with van der Waals surface area (Å²) in [5, 5.41) is 0. The van der Waals surface area contributed by atoms with Gasteiger partial charge >= 0.3 is 17.1 Å². The molecule has 0 amide bonds. The van der Waals surface area contributed by atoms with Crippen LogP contribution in [0.2, 0.25) is 0 Å². The van der Waals surface area contributed by atoms with Gasteiger partial charge in [0.25, 0.3) is 0 Å². The summed E-state index contributed by atoms with van der Waals surface area (Å²) in [6.07, 6.45) is 0. The summed E-state index contributed by atoms with van der Waals surface area (Å²) >= 11 is 0. The second-order valence-corrected chi connectivity index (χ2v) is 20.7. The van der Waals surface area contributed by atoms with Gasteiger partial charge in [-0.05, 0) is 196 Å². The molecule has 0 aromatic heterocycles. The zero-order valence-electron chi connectivity index (χ0n) is 43.2. The van der Waals surface area contributed by atoms with E-state index in [2.05, 4.69) is 138 Å². The first-order chi connectivity index (χ1) is 31.9. The predicted octanol–water partition coefficient (Wildman–Crippen LogP) is 13.7. The van der Waals surface area contributed by atoms with Gasteiger partial charge in [0.15, 0.2) is 0 Å². The van der Waals surface area contributed by atoms with E-state index in [-0.39, 0.29) is 10.8 Å². The number of rotatable bonds is 6. The summed E-state index contributed by atoms with van der Waals surface area (Å²) in [6.45, 7) is 35.8. The Labute approximate surface area is 405 Å². The molecule has 0 spiro atoms. The van der Waals surface area contributed by atoms with E-state index in [0.29, 0.717) is 17.1 Å². The monoisotopic (exact) mass is 893 g/mol. The molecule has 0 unspecified atom stereocenters. The fourth-order valence-electron chi connectivity index (χ4n) is 9.69. The first kappa shape index (κ1) is 50.0. The Morgan fingerprint density at radius 2 is 0.647 bits per heavy atom. The van der Waals surface area contributed by atoms with Crippen LogP contribution in [0.5, 0.6) is 0 Å². The van der Waals surface area contributed by atoms with Crippen molar-refractivity contribution in [2.45, 2.75) is 129 Å². The van der Waals surface area contributed by atoms with Crippen molar-refractivity contribution in [2.75, 3.05) is 0 Å². The third-order valence-electron chi connectivity index (χ3n) is 13.3. The summed E-state index contributed by atoms with van der Waals surface area (Å²) in [4.78, 5) is 11.6. The van der Waals surface area contributed by atoms with Crippen molar-refractivity contribution in [3.63, 3.8) is 0 Å². The fourth-order valence-corrected chi connectivity index (χ4v) is 9.69. The van der Waals surface area contributed by atoms with Crippen LogP contribution >= 0.6 is 0 Å². The van der Waals surface area contributed by atoms with Gasteiger partial charge in [0, 0.05) is 22.3 Å². The van der Waals surface area contributed by atoms with Gasteiger partial charge in [-0.3, -0.25) is 0 Å². The lowest BCUT2D eigenvalue weighted by atomic mass is 9.82. The molecule has 0 aliphatic rings. The number of benzene rings is 6. The maximum Gasteiger partial charge on any atom is 0.330 e. The van der Waals surface area contributed by atoms with Crippen LogP contribution in [0.4, 0.5) is 0 Å². The molecule has 0 bridgehead atoms. The van der Waals surface area contributed by atoms with Crippen LogP contribution in [0.15, 0.2) is 78.9 Å². The highest BCUT2D eigenvalue weighted by atomic mass is 14.9. The van der Waals surface area contributed by atoms with Crippen molar-refractivity contribution in [1.29, 1.82) is 0 Å². The Bertz CT molecular complexity index is 3070. The van der Waals surface area contributed by atoms with E-state index < -0.39 is 0 Å². The van der Waals surface area contributed by atoms with Gasteiger partial charge in [-0.2, -0.15) is 14.4 Å². The molecule has 6 nitrogen and oxygen atoms in total.